The molecule has 2 aromatic heterocycles. The summed E-state index contributed by atoms with van der Waals surface area (Å²) in [6, 6.07) is 10.1. The van der Waals surface area contributed by atoms with Crippen molar-refractivity contribution in [1.29, 1.82) is 0 Å². The molecule has 5 nitrogen and oxygen atoms in total. The molecule has 0 unspecified atom stereocenters. The maximum Gasteiger partial charge on any atom is 0.253 e. The molecule has 0 saturated heterocycles. The highest BCUT2D eigenvalue weighted by molar-refractivity contribution is 7.13. The molecule has 0 spiro atoms. The Morgan fingerprint density at radius 1 is 1.03 bits per heavy atom. The number of rotatable bonds is 10. The van der Waals surface area contributed by atoms with Crippen molar-refractivity contribution < 1.29 is 9.53 Å². The highest BCUT2D eigenvalue weighted by Crippen LogP contribution is 2.33. The molecule has 0 aliphatic heterocycles. The summed E-state index contributed by atoms with van der Waals surface area (Å²) < 4.78 is 7.61. The number of carbonyl (C=O) groups excluding carboxylic acids is 1. The second-order valence-electron chi connectivity index (χ2n) is 10.4. The zero-order valence-electron chi connectivity index (χ0n) is 22.7. The van der Waals surface area contributed by atoms with Gasteiger partial charge in [-0.15, -0.1) is 11.3 Å². The van der Waals surface area contributed by atoms with Crippen LogP contribution >= 0.6 is 11.3 Å². The first kappa shape index (κ1) is 26.5. The Labute approximate surface area is 230 Å². The molecule has 0 atom stereocenters. The molecule has 5 rings (SSSR count). The van der Waals surface area contributed by atoms with E-state index in [2.05, 4.69) is 34.3 Å². The SMILES string of the molecule is COc1ccc(-c2nc(-c3cc(C(=O)NCCC4=CCCCC4)c(C)n3CCC3=CCCCC3)cs2)cc1. The molecule has 0 saturated carbocycles. The average Bonchev–Trinajstić information content (AvgIpc) is 3.58. The van der Waals surface area contributed by atoms with Crippen LogP contribution in [0.25, 0.3) is 22.0 Å². The van der Waals surface area contributed by atoms with Crippen LogP contribution in [-0.4, -0.2) is 29.1 Å². The lowest BCUT2D eigenvalue weighted by molar-refractivity contribution is 0.0953. The molecule has 2 aliphatic rings. The first-order valence-electron chi connectivity index (χ1n) is 14.1. The van der Waals surface area contributed by atoms with E-state index in [1.807, 2.05) is 30.3 Å². The number of nitrogens with zero attached hydrogens (tertiary/aromatic N) is 2. The minimum atomic E-state index is 0.0152. The van der Waals surface area contributed by atoms with Crippen molar-refractivity contribution in [2.45, 2.75) is 77.7 Å². The maximum atomic E-state index is 13.3. The molecule has 2 heterocycles. The summed E-state index contributed by atoms with van der Waals surface area (Å²) in [5, 5.41) is 6.27. The van der Waals surface area contributed by atoms with Gasteiger partial charge in [0, 0.05) is 29.7 Å². The zero-order chi connectivity index (χ0) is 26.3. The standard InChI is InChI=1S/C32H39N3O2S/c1-23-28(31(36)33-19-17-24-9-5-3-6-10-24)21-30(35(23)20-18-25-11-7-4-8-12-25)29-22-38-32(34-29)26-13-15-27(37-2)16-14-26/h9,11,13-16,21-22H,3-8,10,12,17-20H2,1-2H3,(H,33,36). The Balaban J connectivity index is 1.38. The molecule has 0 bridgehead atoms. The van der Waals surface area contributed by atoms with E-state index >= 15 is 0 Å². The molecule has 1 aromatic carbocycles. The van der Waals surface area contributed by atoms with E-state index in [1.54, 1.807) is 24.0 Å². The van der Waals surface area contributed by atoms with E-state index in [1.165, 1.54) is 56.9 Å². The van der Waals surface area contributed by atoms with Gasteiger partial charge < -0.3 is 14.6 Å². The van der Waals surface area contributed by atoms with Gasteiger partial charge in [-0.2, -0.15) is 0 Å². The van der Waals surface area contributed by atoms with Crippen LogP contribution in [-0.2, 0) is 6.54 Å². The Morgan fingerprint density at radius 2 is 1.74 bits per heavy atom. The van der Waals surface area contributed by atoms with Crippen LogP contribution in [0.2, 0.25) is 0 Å². The van der Waals surface area contributed by atoms with E-state index in [9.17, 15) is 4.79 Å². The third-order valence-corrected chi connectivity index (χ3v) is 8.76. The number of carbonyl (C=O) groups is 1. The Bertz CT molecular complexity index is 1310. The number of allylic oxidation sites excluding steroid dienone is 3. The van der Waals surface area contributed by atoms with Gasteiger partial charge in [0.15, 0.2) is 0 Å². The molecule has 38 heavy (non-hydrogen) atoms. The van der Waals surface area contributed by atoms with Crippen LogP contribution in [0.4, 0.5) is 0 Å². The summed E-state index contributed by atoms with van der Waals surface area (Å²) >= 11 is 1.64. The van der Waals surface area contributed by atoms with Gasteiger partial charge in [0.25, 0.3) is 5.91 Å². The monoisotopic (exact) mass is 529 g/mol. The van der Waals surface area contributed by atoms with E-state index in [0.29, 0.717) is 6.54 Å². The molecule has 1 amide bonds. The lowest BCUT2D eigenvalue weighted by Gasteiger charge is -2.16. The molecular weight excluding hydrogens is 490 g/mol. The maximum absolute atomic E-state index is 13.3. The Hall–Kier alpha value is -3.12. The Kier molecular flexibility index (Phi) is 8.79. The van der Waals surface area contributed by atoms with Gasteiger partial charge in [-0.1, -0.05) is 23.3 Å². The summed E-state index contributed by atoms with van der Waals surface area (Å²) in [6.45, 7) is 3.63. The molecule has 0 fully saturated rings. The van der Waals surface area contributed by atoms with Crippen LogP contribution in [0.5, 0.6) is 5.75 Å². The summed E-state index contributed by atoms with van der Waals surface area (Å²) in [6.07, 6.45) is 16.6. The summed E-state index contributed by atoms with van der Waals surface area (Å²) in [5.41, 5.74) is 7.82. The van der Waals surface area contributed by atoms with Gasteiger partial charge in [-0.25, -0.2) is 4.98 Å². The number of amides is 1. The van der Waals surface area contributed by atoms with Crippen molar-refractivity contribution in [1.82, 2.24) is 14.9 Å². The molecule has 0 radical (unpaired) electrons. The predicted octanol–water partition coefficient (Wildman–Crippen LogP) is 8.11. The van der Waals surface area contributed by atoms with Crippen LogP contribution in [0, 0.1) is 6.92 Å². The van der Waals surface area contributed by atoms with Crippen molar-refractivity contribution in [2.75, 3.05) is 13.7 Å². The highest BCUT2D eigenvalue weighted by atomic mass is 32.1. The zero-order valence-corrected chi connectivity index (χ0v) is 23.5. The quantitative estimate of drug-likeness (QED) is 0.270. The second kappa shape index (κ2) is 12.6. The van der Waals surface area contributed by atoms with Crippen molar-refractivity contribution >= 4 is 17.2 Å². The topological polar surface area (TPSA) is 56.1 Å². The molecular formula is C32H39N3O2S. The summed E-state index contributed by atoms with van der Waals surface area (Å²) in [7, 11) is 1.68. The number of thiazole rings is 1. The minimum Gasteiger partial charge on any atom is -0.497 e. The number of hydrogen-bond acceptors (Lipinski definition) is 4. The number of ether oxygens (including phenoxy) is 1. The number of nitrogens with one attached hydrogen (secondary N) is 1. The van der Waals surface area contributed by atoms with Crippen LogP contribution in [0.15, 0.2) is 59.0 Å². The fourth-order valence-corrected chi connectivity index (χ4v) is 6.40. The normalized spacial score (nSPS) is 15.6. The van der Waals surface area contributed by atoms with Crippen molar-refractivity contribution in [3.8, 4) is 27.7 Å². The van der Waals surface area contributed by atoms with Gasteiger partial charge in [0.2, 0.25) is 0 Å². The van der Waals surface area contributed by atoms with Crippen molar-refractivity contribution in [3.05, 3.63) is 70.3 Å². The van der Waals surface area contributed by atoms with Gasteiger partial charge in [0.05, 0.1) is 24.1 Å². The fourth-order valence-electron chi connectivity index (χ4n) is 5.58. The lowest BCUT2D eigenvalue weighted by atomic mass is 9.97. The van der Waals surface area contributed by atoms with E-state index in [-0.39, 0.29) is 5.91 Å². The minimum absolute atomic E-state index is 0.0152. The Morgan fingerprint density at radius 3 is 2.39 bits per heavy atom. The highest BCUT2D eigenvalue weighted by Gasteiger charge is 2.21. The fraction of sp³-hybridized carbons (Fsp3) is 0.438. The van der Waals surface area contributed by atoms with Crippen LogP contribution in [0.1, 0.15) is 80.3 Å². The first-order valence-corrected chi connectivity index (χ1v) is 14.9. The molecule has 3 aromatic rings. The smallest absolute Gasteiger partial charge is 0.253 e. The van der Waals surface area contributed by atoms with Crippen LogP contribution in [0.3, 0.4) is 0 Å². The molecule has 200 valence electrons. The summed E-state index contributed by atoms with van der Waals surface area (Å²) in [4.78, 5) is 18.3. The van der Waals surface area contributed by atoms with E-state index in [0.717, 1.165) is 58.4 Å². The largest absolute Gasteiger partial charge is 0.497 e. The van der Waals surface area contributed by atoms with Crippen molar-refractivity contribution in [3.63, 3.8) is 0 Å². The number of hydrogen-bond donors (Lipinski definition) is 1. The number of aromatic nitrogens is 2. The van der Waals surface area contributed by atoms with Crippen molar-refractivity contribution in [2.24, 2.45) is 0 Å². The first-order chi connectivity index (χ1) is 18.6. The summed E-state index contributed by atoms with van der Waals surface area (Å²) in [5.74, 6) is 0.851. The number of benzene rings is 1. The van der Waals surface area contributed by atoms with Gasteiger partial charge in [0.1, 0.15) is 10.8 Å². The van der Waals surface area contributed by atoms with E-state index in [4.69, 9.17) is 9.72 Å². The third-order valence-electron chi connectivity index (χ3n) is 7.87. The predicted molar refractivity (Wildman–Crippen MR) is 157 cm³/mol. The van der Waals surface area contributed by atoms with Gasteiger partial charge >= 0.3 is 0 Å². The van der Waals surface area contributed by atoms with Gasteiger partial charge in [-0.3, -0.25) is 4.79 Å². The number of methoxy groups -OCH3 is 1. The van der Waals surface area contributed by atoms with Crippen LogP contribution < -0.4 is 10.1 Å². The second-order valence-corrected chi connectivity index (χ2v) is 11.3. The van der Waals surface area contributed by atoms with E-state index < -0.39 is 0 Å². The average molecular weight is 530 g/mol. The molecule has 1 N–H and O–H groups in total. The third kappa shape index (κ3) is 6.29. The molecule has 6 heteroatoms. The van der Waals surface area contributed by atoms with Gasteiger partial charge in [-0.05, 0) is 101 Å². The molecule has 2 aliphatic carbocycles. The lowest BCUT2D eigenvalue weighted by Crippen LogP contribution is -2.25.